The van der Waals surface area contributed by atoms with Crippen molar-refractivity contribution in [2.45, 2.75) is 37.6 Å². The fraction of sp³-hybridized carbons (Fsp3) is 0.318. The molecule has 0 aliphatic carbocycles. The highest BCUT2D eigenvalue weighted by molar-refractivity contribution is 5.89. The maximum Gasteiger partial charge on any atom is 0.338 e. The minimum Gasteiger partial charge on any atom is -0.497 e. The molecule has 146 valence electrons. The van der Waals surface area contributed by atoms with Crippen molar-refractivity contribution in [1.29, 1.82) is 0 Å². The number of carbonyl (C=O) groups excluding carboxylic acids is 1. The van der Waals surface area contributed by atoms with Crippen molar-refractivity contribution in [3.05, 3.63) is 72.3 Å². The van der Waals surface area contributed by atoms with Crippen molar-refractivity contribution in [2.24, 2.45) is 0 Å². The molecule has 6 heteroatoms. The molecule has 1 fully saturated rings. The Bertz CT molecular complexity index is 832. The van der Waals surface area contributed by atoms with Gasteiger partial charge in [0.15, 0.2) is 6.29 Å². The number of rotatable bonds is 6. The first kappa shape index (κ1) is 18.5. The summed E-state index contributed by atoms with van der Waals surface area (Å²) in [5.74, 6) is 1.06. The van der Waals surface area contributed by atoms with Crippen molar-refractivity contribution in [2.75, 3.05) is 7.11 Å². The van der Waals surface area contributed by atoms with E-state index in [0.29, 0.717) is 11.3 Å². The molecule has 28 heavy (non-hydrogen) atoms. The number of carbonyl (C=O) groups is 1. The summed E-state index contributed by atoms with van der Waals surface area (Å²) in [6.45, 7) is 1.81. The highest BCUT2D eigenvalue weighted by Crippen LogP contribution is 2.33. The maximum absolute atomic E-state index is 12.4. The van der Waals surface area contributed by atoms with Crippen LogP contribution in [0, 0.1) is 0 Å². The molecule has 4 rings (SSSR count). The molecule has 0 unspecified atom stereocenters. The first-order chi connectivity index (χ1) is 13.6. The summed E-state index contributed by atoms with van der Waals surface area (Å²) >= 11 is 0. The topological polar surface area (TPSA) is 63.2 Å². The molecule has 2 bridgehead atoms. The Kier molecular flexibility index (Phi) is 5.32. The fourth-order valence-electron chi connectivity index (χ4n) is 3.34. The minimum atomic E-state index is -0.496. The molecule has 2 aromatic carbocycles. The van der Waals surface area contributed by atoms with Gasteiger partial charge in [-0.25, -0.2) is 4.79 Å². The third-order valence-corrected chi connectivity index (χ3v) is 4.78. The predicted octanol–water partition coefficient (Wildman–Crippen LogP) is 3.37. The molecule has 5 atom stereocenters. The molecule has 0 amide bonds. The first-order valence-electron chi connectivity index (χ1n) is 9.20. The third-order valence-electron chi connectivity index (χ3n) is 4.78. The smallest absolute Gasteiger partial charge is 0.338 e. The van der Waals surface area contributed by atoms with Crippen LogP contribution in [-0.2, 0) is 14.2 Å². The quantitative estimate of drug-likeness (QED) is 0.564. The van der Waals surface area contributed by atoms with E-state index in [4.69, 9.17) is 23.7 Å². The third kappa shape index (κ3) is 3.88. The predicted molar refractivity (Wildman–Crippen MR) is 101 cm³/mol. The van der Waals surface area contributed by atoms with Gasteiger partial charge in [0.1, 0.15) is 35.9 Å². The lowest BCUT2D eigenvalue weighted by Crippen LogP contribution is -2.44. The molecule has 2 heterocycles. The van der Waals surface area contributed by atoms with E-state index in [1.54, 1.807) is 38.3 Å². The van der Waals surface area contributed by atoms with Gasteiger partial charge in [-0.15, -0.1) is 0 Å². The number of fused-ring (bicyclic) bond motifs is 2. The number of methoxy groups -OCH3 is 1. The van der Waals surface area contributed by atoms with E-state index in [9.17, 15) is 4.79 Å². The fourth-order valence-corrected chi connectivity index (χ4v) is 3.34. The number of ether oxygens (including phenoxy) is 5. The van der Waals surface area contributed by atoms with Crippen LogP contribution in [0.4, 0.5) is 0 Å². The van der Waals surface area contributed by atoms with Gasteiger partial charge >= 0.3 is 5.97 Å². The lowest BCUT2D eigenvalue weighted by Gasteiger charge is -2.28. The molecular formula is C22H22O6. The standard InChI is InChI=1S/C22H22O6/c1-14(25-22(23)15-6-4-3-5-7-15)20-21-18(12-13-19(27-20)28-21)26-17-10-8-16(24-2)9-11-17/h3-14,18-21H,1-2H3/t14-,18-,19+,20-,21-/m1/s1. The van der Waals surface area contributed by atoms with E-state index in [1.807, 2.05) is 42.5 Å². The number of esters is 1. The van der Waals surface area contributed by atoms with E-state index in [1.165, 1.54) is 0 Å². The summed E-state index contributed by atoms with van der Waals surface area (Å²) in [4.78, 5) is 12.4. The molecule has 6 nitrogen and oxygen atoms in total. The van der Waals surface area contributed by atoms with Gasteiger partial charge in [0.25, 0.3) is 0 Å². The molecule has 0 radical (unpaired) electrons. The molecule has 0 N–H and O–H groups in total. The SMILES string of the molecule is COc1ccc(O[C@@H]2C=C[C@H]3O[C@H]([C@@H](C)OC(=O)c4ccccc4)[C@@H]2O3)cc1. The Morgan fingerprint density at radius 2 is 1.68 bits per heavy atom. The zero-order valence-electron chi connectivity index (χ0n) is 15.7. The number of hydrogen-bond donors (Lipinski definition) is 0. The zero-order chi connectivity index (χ0) is 19.5. The average Bonchev–Trinajstić information content (AvgIpc) is 3.09. The molecule has 1 saturated heterocycles. The first-order valence-corrected chi connectivity index (χ1v) is 9.20. The van der Waals surface area contributed by atoms with Gasteiger partial charge < -0.3 is 23.7 Å². The summed E-state index contributed by atoms with van der Waals surface area (Å²) in [6.07, 6.45) is 1.63. The van der Waals surface area contributed by atoms with Crippen molar-refractivity contribution in [3.8, 4) is 11.5 Å². The Balaban J connectivity index is 1.43. The van der Waals surface area contributed by atoms with Gasteiger partial charge in [0.2, 0.25) is 0 Å². The van der Waals surface area contributed by atoms with Gasteiger partial charge in [-0.05, 0) is 55.5 Å². The van der Waals surface area contributed by atoms with Crippen LogP contribution in [0.25, 0.3) is 0 Å². The van der Waals surface area contributed by atoms with Crippen LogP contribution >= 0.6 is 0 Å². The summed E-state index contributed by atoms with van der Waals surface area (Å²) in [5, 5.41) is 0. The van der Waals surface area contributed by atoms with Gasteiger partial charge in [-0.1, -0.05) is 18.2 Å². The van der Waals surface area contributed by atoms with E-state index in [2.05, 4.69) is 0 Å². The van der Waals surface area contributed by atoms with E-state index >= 15 is 0 Å². The van der Waals surface area contributed by atoms with Crippen LogP contribution in [0.2, 0.25) is 0 Å². The molecule has 0 saturated carbocycles. The molecule has 0 aromatic heterocycles. The summed E-state index contributed by atoms with van der Waals surface area (Å²) in [6, 6.07) is 16.2. The minimum absolute atomic E-state index is 0.352. The molecular weight excluding hydrogens is 360 g/mol. The normalized spacial score (nSPS) is 26.5. The van der Waals surface area contributed by atoms with Crippen LogP contribution in [-0.4, -0.2) is 43.8 Å². The van der Waals surface area contributed by atoms with Crippen LogP contribution in [0.3, 0.4) is 0 Å². The largest absolute Gasteiger partial charge is 0.497 e. The van der Waals surface area contributed by atoms with Crippen molar-refractivity contribution in [3.63, 3.8) is 0 Å². The lowest BCUT2D eigenvalue weighted by atomic mass is 10.0. The van der Waals surface area contributed by atoms with Gasteiger partial charge in [0, 0.05) is 0 Å². The second-order valence-electron chi connectivity index (χ2n) is 6.69. The monoisotopic (exact) mass is 382 g/mol. The van der Waals surface area contributed by atoms with E-state index in [-0.39, 0.29) is 12.2 Å². The van der Waals surface area contributed by atoms with Crippen LogP contribution < -0.4 is 9.47 Å². The van der Waals surface area contributed by atoms with Crippen molar-refractivity contribution in [1.82, 2.24) is 0 Å². The Hall–Kier alpha value is -2.83. The second-order valence-corrected chi connectivity index (χ2v) is 6.69. The maximum atomic E-state index is 12.4. The molecule has 2 aromatic rings. The highest BCUT2D eigenvalue weighted by Gasteiger charge is 2.47. The Morgan fingerprint density at radius 3 is 2.39 bits per heavy atom. The second kappa shape index (κ2) is 8.04. The Labute approximate surface area is 163 Å². The van der Waals surface area contributed by atoms with Crippen LogP contribution in [0.15, 0.2) is 66.7 Å². The van der Waals surface area contributed by atoms with Gasteiger partial charge in [-0.3, -0.25) is 0 Å². The van der Waals surface area contributed by atoms with Crippen LogP contribution in [0.1, 0.15) is 17.3 Å². The molecule has 0 spiro atoms. The summed E-state index contributed by atoms with van der Waals surface area (Å²) in [5.41, 5.74) is 0.500. The number of benzene rings is 2. The molecule has 2 aliphatic rings. The van der Waals surface area contributed by atoms with E-state index in [0.717, 1.165) is 5.75 Å². The van der Waals surface area contributed by atoms with E-state index < -0.39 is 24.5 Å². The Morgan fingerprint density at radius 1 is 0.964 bits per heavy atom. The molecule has 2 aliphatic heterocycles. The van der Waals surface area contributed by atoms with Crippen molar-refractivity contribution >= 4 is 5.97 Å². The average molecular weight is 382 g/mol. The number of hydrogen-bond acceptors (Lipinski definition) is 6. The van der Waals surface area contributed by atoms with Gasteiger partial charge in [0.05, 0.1) is 12.7 Å². The van der Waals surface area contributed by atoms with Gasteiger partial charge in [-0.2, -0.15) is 0 Å². The highest BCUT2D eigenvalue weighted by atomic mass is 16.7. The summed E-state index contributed by atoms with van der Waals surface area (Å²) in [7, 11) is 1.62. The zero-order valence-corrected chi connectivity index (χ0v) is 15.7. The van der Waals surface area contributed by atoms with Crippen molar-refractivity contribution < 1.29 is 28.5 Å². The van der Waals surface area contributed by atoms with Crippen LogP contribution in [0.5, 0.6) is 11.5 Å². The lowest BCUT2D eigenvalue weighted by molar-refractivity contribution is -0.0587. The summed E-state index contributed by atoms with van der Waals surface area (Å²) < 4.78 is 28.6.